The Hall–Kier alpha value is -3.43. The van der Waals surface area contributed by atoms with E-state index in [-0.39, 0.29) is 18.3 Å². The zero-order valence-corrected chi connectivity index (χ0v) is 16.0. The molecule has 0 unspecified atom stereocenters. The fraction of sp³-hybridized carbons (Fsp3) is 0.0556. The minimum absolute atomic E-state index is 0.0167. The number of aromatic nitrogens is 4. The van der Waals surface area contributed by atoms with Gasteiger partial charge in [0, 0.05) is 28.9 Å². The third-order valence-corrected chi connectivity index (χ3v) is 4.40. The molecule has 4 aromatic rings. The van der Waals surface area contributed by atoms with Crippen molar-refractivity contribution in [3.63, 3.8) is 0 Å². The standard InChI is InChI=1S/C18H11Cl2N5O4/c19-12-3-6-16(14(20)9-12)28-10-24-8-7-15(22-24)18-21-17(23-29-18)11-1-4-13(5-2-11)25(26)27/h1-9H,10H2. The fourth-order valence-electron chi connectivity index (χ4n) is 2.45. The van der Waals surface area contributed by atoms with Crippen LogP contribution < -0.4 is 4.74 Å². The maximum Gasteiger partial charge on any atom is 0.278 e. The molecular formula is C18H11Cl2N5O4. The molecule has 0 spiro atoms. The number of nitrogens with zero attached hydrogens (tertiary/aromatic N) is 5. The predicted molar refractivity (Wildman–Crippen MR) is 105 cm³/mol. The van der Waals surface area contributed by atoms with Gasteiger partial charge in [0.2, 0.25) is 5.82 Å². The Morgan fingerprint density at radius 2 is 1.93 bits per heavy atom. The van der Waals surface area contributed by atoms with E-state index >= 15 is 0 Å². The molecule has 0 saturated heterocycles. The molecule has 0 aliphatic rings. The van der Waals surface area contributed by atoms with E-state index in [1.165, 1.54) is 16.8 Å². The van der Waals surface area contributed by atoms with Crippen molar-refractivity contribution in [1.82, 2.24) is 19.9 Å². The number of nitro groups is 1. The van der Waals surface area contributed by atoms with Crippen LogP contribution >= 0.6 is 23.2 Å². The second-order valence-electron chi connectivity index (χ2n) is 5.82. The Morgan fingerprint density at radius 3 is 2.66 bits per heavy atom. The summed E-state index contributed by atoms with van der Waals surface area (Å²) in [5, 5.41) is 19.9. The molecule has 0 amide bonds. The SMILES string of the molecule is O=[N+]([O-])c1ccc(-c2noc(-c3ccn(COc4ccc(Cl)cc4Cl)n3)n2)cc1. The molecule has 2 aromatic carbocycles. The van der Waals surface area contributed by atoms with Crippen molar-refractivity contribution >= 4 is 28.9 Å². The molecule has 4 rings (SSSR count). The third kappa shape index (κ3) is 4.20. The number of hydrogen-bond acceptors (Lipinski definition) is 7. The van der Waals surface area contributed by atoms with Gasteiger partial charge in [-0.1, -0.05) is 28.4 Å². The van der Waals surface area contributed by atoms with Crippen LogP contribution in [-0.4, -0.2) is 24.8 Å². The Morgan fingerprint density at radius 1 is 1.14 bits per heavy atom. The Labute approximate surface area is 173 Å². The molecule has 2 heterocycles. The molecule has 9 nitrogen and oxygen atoms in total. The minimum Gasteiger partial charge on any atom is -0.470 e. The number of ether oxygens (including phenoxy) is 1. The van der Waals surface area contributed by atoms with Gasteiger partial charge in [-0.05, 0) is 36.4 Å². The van der Waals surface area contributed by atoms with Crippen LogP contribution in [0.3, 0.4) is 0 Å². The van der Waals surface area contributed by atoms with Crippen molar-refractivity contribution in [2.75, 3.05) is 0 Å². The van der Waals surface area contributed by atoms with Crippen molar-refractivity contribution in [3.05, 3.63) is 74.9 Å². The fourth-order valence-corrected chi connectivity index (χ4v) is 2.92. The first kappa shape index (κ1) is 18.9. The van der Waals surface area contributed by atoms with Crippen LogP contribution in [0.4, 0.5) is 5.69 Å². The highest BCUT2D eigenvalue weighted by Gasteiger charge is 2.14. The van der Waals surface area contributed by atoms with Gasteiger partial charge in [-0.3, -0.25) is 10.1 Å². The van der Waals surface area contributed by atoms with E-state index in [9.17, 15) is 10.1 Å². The van der Waals surface area contributed by atoms with E-state index in [1.54, 1.807) is 42.6 Å². The highest BCUT2D eigenvalue weighted by atomic mass is 35.5. The van der Waals surface area contributed by atoms with Gasteiger partial charge in [-0.15, -0.1) is 0 Å². The first-order chi connectivity index (χ1) is 14.0. The van der Waals surface area contributed by atoms with Crippen LogP contribution in [0.15, 0.2) is 59.3 Å². The second-order valence-corrected chi connectivity index (χ2v) is 6.66. The van der Waals surface area contributed by atoms with Crippen molar-refractivity contribution in [2.45, 2.75) is 6.73 Å². The van der Waals surface area contributed by atoms with E-state index in [2.05, 4.69) is 15.2 Å². The summed E-state index contributed by atoms with van der Waals surface area (Å²) in [4.78, 5) is 14.5. The van der Waals surface area contributed by atoms with E-state index in [0.29, 0.717) is 32.9 Å². The molecule has 0 aliphatic carbocycles. The summed E-state index contributed by atoms with van der Waals surface area (Å²) in [5.74, 6) is 0.988. The summed E-state index contributed by atoms with van der Waals surface area (Å²) in [6, 6.07) is 12.5. The molecule has 0 fully saturated rings. The lowest BCUT2D eigenvalue weighted by Gasteiger charge is -2.07. The Balaban J connectivity index is 1.46. The smallest absolute Gasteiger partial charge is 0.278 e. The maximum absolute atomic E-state index is 10.7. The van der Waals surface area contributed by atoms with Crippen molar-refractivity contribution < 1.29 is 14.2 Å². The largest absolute Gasteiger partial charge is 0.470 e. The lowest BCUT2D eigenvalue weighted by atomic mass is 10.2. The summed E-state index contributed by atoms with van der Waals surface area (Å²) in [7, 11) is 0. The molecule has 0 N–H and O–H groups in total. The van der Waals surface area contributed by atoms with Gasteiger partial charge in [0.05, 0.1) is 9.95 Å². The van der Waals surface area contributed by atoms with Crippen molar-refractivity contribution in [2.24, 2.45) is 0 Å². The normalized spacial score (nSPS) is 10.8. The van der Waals surface area contributed by atoms with Gasteiger partial charge < -0.3 is 9.26 Å². The van der Waals surface area contributed by atoms with Crippen LogP contribution in [0.5, 0.6) is 5.75 Å². The van der Waals surface area contributed by atoms with Crippen LogP contribution in [-0.2, 0) is 6.73 Å². The molecule has 0 saturated carbocycles. The Kier molecular flexibility index (Phi) is 5.15. The zero-order chi connectivity index (χ0) is 20.4. The summed E-state index contributed by atoms with van der Waals surface area (Å²) < 4.78 is 12.4. The molecule has 146 valence electrons. The third-order valence-electron chi connectivity index (χ3n) is 3.87. The number of rotatable bonds is 6. The average molecular weight is 432 g/mol. The summed E-state index contributed by atoms with van der Waals surface area (Å²) in [6.45, 7) is 0.116. The van der Waals surface area contributed by atoms with Gasteiger partial charge in [0.1, 0.15) is 5.75 Å². The molecule has 2 aromatic heterocycles. The summed E-state index contributed by atoms with van der Waals surface area (Å²) in [5.41, 5.74) is 1.03. The Bertz CT molecular complexity index is 1170. The number of hydrogen-bond donors (Lipinski definition) is 0. The van der Waals surface area contributed by atoms with E-state index in [1.807, 2.05) is 0 Å². The van der Waals surface area contributed by atoms with Gasteiger partial charge >= 0.3 is 0 Å². The predicted octanol–water partition coefficient (Wildman–Crippen LogP) is 4.85. The first-order valence-corrected chi connectivity index (χ1v) is 8.95. The average Bonchev–Trinajstić information content (AvgIpc) is 3.37. The second kappa shape index (κ2) is 7.90. The number of benzene rings is 2. The topological polar surface area (TPSA) is 109 Å². The van der Waals surface area contributed by atoms with E-state index in [4.69, 9.17) is 32.5 Å². The highest BCUT2D eigenvalue weighted by Crippen LogP contribution is 2.28. The highest BCUT2D eigenvalue weighted by molar-refractivity contribution is 6.35. The number of nitro benzene ring substituents is 1. The lowest BCUT2D eigenvalue weighted by molar-refractivity contribution is -0.384. The lowest BCUT2D eigenvalue weighted by Crippen LogP contribution is -2.06. The molecule has 0 bridgehead atoms. The first-order valence-electron chi connectivity index (χ1n) is 8.20. The van der Waals surface area contributed by atoms with Gasteiger partial charge in [-0.25, -0.2) is 4.68 Å². The quantitative estimate of drug-likeness (QED) is 0.316. The molecular weight excluding hydrogens is 421 g/mol. The van der Waals surface area contributed by atoms with Gasteiger partial charge in [-0.2, -0.15) is 10.1 Å². The molecule has 0 aliphatic heterocycles. The van der Waals surface area contributed by atoms with Gasteiger partial charge in [0.25, 0.3) is 11.6 Å². The van der Waals surface area contributed by atoms with Crippen LogP contribution in [0.25, 0.3) is 23.0 Å². The van der Waals surface area contributed by atoms with E-state index in [0.717, 1.165) is 0 Å². The van der Waals surface area contributed by atoms with Crippen LogP contribution in [0.2, 0.25) is 10.0 Å². The van der Waals surface area contributed by atoms with Crippen LogP contribution in [0, 0.1) is 10.1 Å². The monoisotopic (exact) mass is 431 g/mol. The maximum atomic E-state index is 10.7. The molecule has 0 radical (unpaired) electrons. The number of halogens is 2. The van der Waals surface area contributed by atoms with Gasteiger partial charge in [0.15, 0.2) is 12.4 Å². The molecule has 0 atom stereocenters. The molecule has 29 heavy (non-hydrogen) atoms. The van der Waals surface area contributed by atoms with E-state index < -0.39 is 4.92 Å². The molecule has 11 heteroatoms. The van der Waals surface area contributed by atoms with Crippen molar-refractivity contribution in [1.29, 1.82) is 0 Å². The zero-order valence-electron chi connectivity index (χ0n) is 14.5. The van der Waals surface area contributed by atoms with Crippen LogP contribution in [0.1, 0.15) is 0 Å². The number of non-ortho nitro benzene ring substituents is 1. The summed E-state index contributed by atoms with van der Waals surface area (Å²) >= 11 is 11.9. The summed E-state index contributed by atoms with van der Waals surface area (Å²) in [6.07, 6.45) is 1.69. The minimum atomic E-state index is -0.475. The van der Waals surface area contributed by atoms with Crippen molar-refractivity contribution in [3.8, 4) is 28.7 Å².